The summed E-state index contributed by atoms with van der Waals surface area (Å²) in [7, 11) is -3.29. The lowest BCUT2D eigenvalue weighted by Gasteiger charge is -2.10. The molecule has 18 heavy (non-hydrogen) atoms. The van der Waals surface area contributed by atoms with E-state index in [4.69, 9.17) is 10.8 Å². The molecule has 1 aromatic rings. The summed E-state index contributed by atoms with van der Waals surface area (Å²) < 4.78 is 23.7. The number of nitrogens with two attached hydrogens (primary N) is 1. The van der Waals surface area contributed by atoms with Gasteiger partial charge < -0.3 is 10.8 Å². The van der Waals surface area contributed by atoms with Crippen LogP contribution in [0.15, 0.2) is 29.2 Å². The Kier molecular flexibility index (Phi) is 4.48. The van der Waals surface area contributed by atoms with Gasteiger partial charge in [0.1, 0.15) is 6.04 Å². The summed E-state index contributed by atoms with van der Waals surface area (Å²) in [5.74, 6) is -1.08. The topological polar surface area (TPSA) is 97.5 Å². The maximum absolute atomic E-state index is 11.9. The maximum atomic E-state index is 11.9. The Hall–Kier alpha value is -1.40. The van der Waals surface area contributed by atoms with Crippen LogP contribution < -0.4 is 5.73 Å². The highest BCUT2D eigenvalue weighted by Gasteiger charge is 2.19. The smallest absolute Gasteiger partial charge is 0.320 e. The highest BCUT2D eigenvalue weighted by Crippen LogP contribution is 2.17. The average molecular weight is 271 g/mol. The summed E-state index contributed by atoms with van der Waals surface area (Å²) in [5, 5.41) is 8.20. The number of carbonyl (C=O) groups is 1. The van der Waals surface area contributed by atoms with Crippen LogP contribution in [0.25, 0.3) is 0 Å². The van der Waals surface area contributed by atoms with E-state index in [0.717, 1.165) is 0 Å². The molecule has 0 saturated heterocycles. The maximum Gasteiger partial charge on any atom is 0.320 e. The van der Waals surface area contributed by atoms with Gasteiger partial charge in [-0.1, -0.05) is 12.1 Å². The molecule has 0 radical (unpaired) electrons. The van der Waals surface area contributed by atoms with Crippen molar-refractivity contribution in [2.75, 3.05) is 0 Å². The van der Waals surface area contributed by atoms with Gasteiger partial charge >= 0.3 is 5.97 Å². The molecule has 100 valence electrons. The Balaban J connectivity index is 2.91. The monoisotopic (exact) mass is 271 g/mol. The average Bonchev–Trinajstić information content (AvgIpc) is 2.29. The normalized spacial score (nSPS) is 13.6. The van der Waals surface area contributed by atoms with Crippen LogP contribution in [0.4, 0.5) is 0 Å². The van der Waals surface area contributed by atoms with Crippen molar-refractivity contribution in [1.29, 1.82) is 0 Å². The van der Waals surface area contributed by atoms with Crippen LogP contribution in [-0.4, -0.2) is 30.8 Å². The molecule has 1 atom stereocenters. The minimum Gasteiger partial charge on any atom is -0.480 e. The zero-order chi connectivity index (χ0) is 13.9. The van der Waals surface area contributed by atoms with Crippen molar-refractivity contribution in [3.63, 3.8) is 0 Å². The molecule has 5 nitrogen and oxygen atoms in total. The van der Waals surface area contributed by atoms with Crippen LogP contribution in [0.3, 0.4) is 0 Å². The largest absolute Gasteiger partial charge is 0.480 e. The molecular formula is C12H17NO4S. The molecule has 0 fully saturated rings. The Bertz CT molecular complexity index is 520. The summed E-state index contributed by atoms with van der Waals surface area (Å²) in [6.45, 7) is 3.23. The van der Waals surface area contributed by atoms with E-state index < -0.39 is 27.1 Å². The molecule has 0 bridgehead atoms. The van der Waals surface area contributed by atoms with Gasteiger partial charge in [0, 0.05) is 0 Å². The first kappa shape index (κ1) is 14.7. The van der Waals surface area contributed by atoms with Gasteiger partial charge in [0.25, 0.3) is 0 Å². The van der Waals surface area contributed by atoms with Gasteiger partial charge in [0.15, 0.2) is 9.84 Å². The van der Waals surface area contributed by atoms with E-state index in [1.807, 2.05) is 0 Å². The number of sulfone groups is 1. The fourth-order valence-electron chi connectivity index (χ4n) is 1.43. The minimum atomic E-state index is -3.29. The quantitative estimate of drug-likeness (QED) is 0.826. The third-order valence-electron chi connectivity index (χ3n) is 2.65. The Morgan fingerprint density at radius 1 is 1.28 bits per heavy atom. The molecule has 3 N–H and O–H groups in total. The van der Waals surface area contributed by atoms with Crippen LogP contribution in [0.1, 0.15) is 19.4 Å². The van der Waals surface area contributed by atoms with Crippen molar-refractivity contribution in [1.82, 2.24) is 0 Å². The number of hydrogen-bond acceptors (Lipinski definition) is 4. The van der Waals surface area contributed by atoms with Crippen molar-refractivity contribution in [2.45, 2.75) is 36.5 Å². The predicted octanol–water partition coefficient (Wildman–Crippen LogP) is 0.823. The first-order valence-corrected chi connectivity index (χ1v) is 7.11. The number of carboxylic acid groups (broad SMARTS) is 1. The zero-order valence-corrected chi connectivity index (χ0v) is 11.1. The number of carboxylic acids is 1. The van der Waals surface area contributed by atoms with Crippen molar-refractivity contribution in [3.05, 3.63) is 29.8 Å². The molecule has 0 spiro atoms. The van der Waals surface area contributed by atoms with Crippen molar-refractivity contribution >= 4 is 15.8 Å². The number of hydrogen-bond donors (Lipinski definition) is 2. The molecule has 6 heteroatoms. The van der Waals surface area contributed by atoms with Crippen LogP contribution >= 0.6 is 0 Å². The molecule has 0 heterocycles. The number of benzene rings is 1. The van der Waals surface area contributed by atoms with Gasteiger partial charge in [-0.2, -0.15) is 0 Å². The molecular weight excluding hydrogens is 254 g/mol. The Morgan fingerprint density at radius 3 is 2.17 bits per heavy atom. The number of rotatable bonds is 5. The fourth-order valence-corrected chi connectivity index (χ4v) is 2.49. The third kappa shape index (κ3) is 3.30. The zero-order valence-electron chi connectivity index (χ0n) is 10.3. The second-order valence-corrected chi connectivity index (χ2v) is 6.89. The standard InChI is InChI=1S/C12H17NO4S/c1-8(2)18(16,17)10-5-3-9(4-6-10)7-11(13)12(14)15/h3-6,8,11H,7,13H2,1-2H3,(H,14,15). The van der Waals surface area contributed by atoms with Crippen molar-refractivity contribution in [3.8, 4) is 0 Å². The highest BCUT2D eigenvalue weighted by atomic mass is 32.2. The first-order valence-electron chi connectivity index (χ1n) is 5.56. The number of aliphatic carboxylic acids is 1. The SMILES string of the molecule is CC(C)S(=O)(=O)c1ccc(CC(N)C(=O)O)cc1. The van der Waals surface area contributed by atoms with Crippen LogP contribution in [-0.2, 0) is 21.1 Å². The first-order chi connectivity index (χ1) is 8.25. The van der Waals surface area contributed by atoms with Crippen LogP contribution in [0, 0.1) is 0 Å². The van der Waals surface area contributed by atoms with Gasteiger partial charge in [0.05, 0.1) is 10.1 Å². The van der Waals surface area contributed by atoms with Gasteiger partial charge in [-0.3, -0.25) is 4.79 Å². The molecule has 1 aromatic carbocycles. The second kappa shape index (κ2) is 5.49. The van der Waals surface area contributed by atoms with Gasteiger partial charge in [-0.15, -0.1) is 0 Å². The highest BCUT2D eigenvalue weighted by molar-refractivity contribution is 7.92. The predicted molar refractivity (Wildman–Crippen MR) is 68.1 cm³/mol. The summed E-state index contributed by atoms with van der Waals surface area (Å²) in [6, 6.07) is 5.19. The Labute approximate surface area is 107 Å². The fraction of sp³-hybridized carbons (Fsp3) is 0.417. The molecule has 0 aromatic heterocycles. The molecule has 0 amide bonds. The van der Waals surface area contributed by atoms with E-state index in [0.29, 0.717) is 5.56 Å². The van der Waals surface area contributed by atoms with Gasteiger partial charge in [-0.05, 0) is 38.0 Å². The summed E-state index contributed by atoms with van der Waals surface area (Å²) in [6.07, 6.45) is 0.178. The van der Waals surface area contributed by atoms with Crippen molar-refractivity contribution < 1.29 is 18.3 Å². The minimum absolute atomic E-state index is 0.178. The van der Waals surface area contributed by atoms with Crippen LogP contribution in [0.2, 0.25) is 0 Å². The molecule has 1 rings (SSSR count). The van der Waals surface area contributed by atoms with E-state index >= 15 is 0 Å². The second-order valence-electron chi connectivity index (χ2n) is 4.39. The molecule has 1 unspecified atom stereocenters. The van der Waals surface area contributed by atoms with Crippen LogP contribution in [0.5, 0.6) is 0 Å². The summed E-state index contributed by atoms with van der Waals surface area (Å²) >= 11 is 0. The third-order valence-corrected chi connectivity index (χ3v) is 4.82. The van der Waals surface area contributed by atoms with E-state index in [9.17, 15) is 13.2 Å². The lowest BCUT2D eigenvalue weighted by molar-refractivity contribution is -0.138. The summed E-state index contributed by atoms with van der Waals surface area (Å²) in [4.78, 5) is 10.8. The summed E-state index contributed by atoms with van der Waals surface area (Å²) in [5.41, 5.74) is 6.10. The van der Waals surface area contributed by atoms with E-state index in [1.54, 1.807) is 26.0 Å². The van der Waals surface area contributed by atoms with Gasteiger partial charge in [-0.25, -0.2) is 8.42 Å². The lowest BCUT2D eigenvalue weighted by atomic mass is 10.1. The van der Waals surface area contributed by atoms with Crippen molar-refractivity contribution in [2.24, 2.45) is 5.73 Å². The molecule has 0 saturated carbocycles. The molecule has 0 aliphatic heterocycles. The molecule has 0 aliphatic rings. The van der Waals surface area contributed by atoms with E-state index in [-0.39, 0.29) is 11.3 Å². The van der Waals surface area contributed by atoms with E-state index in [2.05, 4.69) is 0 Å². The molecule has 0 aliphatic carbocycles. The Morgan fingerprint density at radius 2 is 1.78 bits per heavy atom. The van der Waals surface area contributed by atoms with Gasteiger partial charge in [0.2, 0.25) is 0 Å². The van der Waals surface area contributed by atoms with E-state index in [1.165, 1.54) is 12.1 Å². The lowest BCUT2D eigenvalue weighted by Crippen LogP contribution is -2.32.